The molecule has 2 amide bonds. The van der Waals surface area contributed by atoms with Crippen molar-refractivity contribution in [3.05, 3.63) is 84.4 Å². The lowest BCUT2D eigenvalue weighted by Crippen LogP contribution is -2.23. The van der Waals surface area contributed by atoms with Gasteiger partial charge in [-0.1, -0.05) is 24.3 Å². The van der Waals surface area contributed by atoms with Gasteiger partial charge in [0.2, 0.25) is 0 Å². The number of amides is 2. The van der Waals surface area contributed by atoms with E-state index < -0.39 is 0 Å². The molecule has 1 N–H and O–H groups in total. The number of ether oxygens (including phenoxy) is 2. The quantitative estimate of drug-likeness (QED) is 0.704. The Morgan fingerprint density at radius 2 is 1.68 bits per heavy atom. The summed E-state index contributed by atoms with van der Waals surface area (Å²) in [6.45, 7) is 0.914. The van der Waals surface area contributed by atoms with Crippen LogP contribution in [-0.4, -0.2) is 25.2 Å². The van der Waals surface area contributed by atoms with Crippen LogP contribution in [0.2, 0.25) is 0 Å². The molecule has 1 aliphatic heterocycles. The topological polar surface area (TPSA) is 67.9 Å². The van der Waals surface area contributed by atoms with Crippen LogP contribution in [0.1, 0.15) is 10.4 Å². The zero-order valence-electron chi connectivity index (χ0n) is 15.0. The first kappa shape index (κ1) is 17.6. The van der Waals surface area contributed by atoms with Crippen molar-refractivity contribution in [3.63, 3.8) is 0 Å². The maximum absolute atomic E-state index is 12.6. The van der Waals surface area contributed by atoms with Gasteiger partial charge in [0.1, 0.15) is 18.1 Å². The summed E-state index contributed by atoms with van der Waals surface area (Å²) in [4.78, 5) is 25.7. The molecular weight excluding hydrogens is 356 g/mol. The number of para-hydroxylation sites is 1. The first-order valence-corrected chi connectivity index (χ1v) is 8.88. The van der Waals surface area contributed by atoms with E-state index in [-0.39, 0.29) is 12.0 Å². The largest absolute Gasteiger partial charge is 0.457 e. The van der Waals surface area contributed by atoms with Gasteiger partial charge in [0.05, 0.1) is 6.54 Å². The Hall–Kier alpha value is -3.80. The molecule has 0 saturated carbocycles. The Morgan fingerprint density at radius 1 is 0.929 bits per heavy atom. The van der Waals surface area contributed by atoms with E-state index in [0.717, 1.165) is 5.69 Å². The van der Waals surface area contributed by atoms with Crippen LogP contribution in [0.5, 0.6) is 11.5 Å². The van der Waals surface area contributed by atoms with Crippen LogP contribution in [0.3, 0.4) is 0 Å². The number of hydrogen-bond donors (Lipinski definition) is 1. The molecule has 3 aromatic carbocycles. The van der Waals surface area contributed by atoms with Gasteiger partial charge in [-0.15, -0.1) is 0 Å². The minimum atomic E-state index is -0.355. The number of cyclic esters (lactones) is 1. The first-order chi connectivity index (χ1) is 13.7. The van der Waals surface area contributed by atoms with Gasteiger partial charge in [-0.05, 0) is 54.6 Å². The Labute approximate surface area is 162 Å². The number of rotatable bonds is 5. The molecule has 0 spiro atoms. The zero-order valence-corrected chi connectivity index (χ0v) is 15.0. The van der Waals surface area contributed by atoms with E-state index in [1.165, 1.54) is 0 Å². The number of nitrogens with one attached hydrogen (secondary N) is 1. The molecule has 0 aromatic heterocycles. The van der Waals surface area contributed by atoms with Gasteiger partial charge in [-0.2, -0.15) is 0 Å². The van der Waals surface area contributed by atoms with E-state index in [4.69, 9.17) is 9.47 Å². The number of carbonyl (C=O) groups is 2. The van der Waals surface area contributed by atoms with Crippen LogP contribution in [0.4, 0.5) is 16.2 Å². The predicted octanol–water partition coefficient (Wildman–Crippen LogP) is 4.69. The van der Waals surface area contributed by atoms with Crippen LogP contribution in [0.25, 0.3) is 0 Å². The van der Waals surface area contributed by atoms with Crippen LogP contribution in [0, 0.1) is 0 Å². The fourth-order valence-corrected chi connectivity index (χ4v) is 2.88. The van der Waals surface area contributed by atoms with Gasteiger partial charge in [-0.3, -0.25) is 9.69 Å². The normalized spacial score (nSPS) is 13.1. The maximum Gasteiger partial charge on any atom is 0.414 e. The highest BCUT2D eigenvalue weighted by Crippen LogP contribution is 2.24. The summed E-state index contributed by atoms with van der Waals surface area (Å²) in [5.74, 6) is 1.05. The second-order valence-electron chi connectivity index (χ2n) is 6.21. The van der Waals surface area contributed by atoms with Gasteiger partial charge in [0.25, 0.3) is 5.91 Å². The molecule has 4 rings (SSSR count). The number of anilines is 2. The van der Waals surface area contributed by atoms with E-state index in [2.05, 4.69) is 5.32 Å². The number of benzene rings is 3. The summed E-state index contributed by atoms with van der Waals surface area (Å²) in [7, 11) is 0. The molecule has 0 atom stereocenters. The third kappa shape index (κ3) is 3.96. The van der Waals surface area contributed by atoms with Crippen molar-refractivity contribution in [1.29, 1.82) is 0 Å². The molecule has 0 radical (unpaired) electrons. The average molecular weight is 374 g/mol. The molecule has 3 aromatic rings. The number of carbonyl (C=O) groups excluding carboxylic acids is 2. The van der Waals surface area contributed by atoms with Crippen LogP contribution >= 0.6 is 0 Å². The van der Waals surface area contributed by atoms with Gasteiger partial charge in [0, 0.05) is 16.9 Å². The van der Waals surface area contributed by atoms with Gasteiger partial charge in [-0.25, -0.2) is 4.79 Å². The molecule has 1 heterocycles. The minimum absolute atomic E-state index is 0.244. The summed E-state index contributed by atoms with van der Waals surface area (Å²) >= 11 is 0. The van der Waals surface area contributed by atoms with Crippen molar-refractivity contribution in [2.75, 3.05) is 23.4 Å². The molecular formula is C22H18N2O4. The Balaban J connectivity index is 1.43. The molecule has 1 saturated heterocycles. The summed E-state index contributed by atoms with van der Waals surface area (Å²) < 4.78 is 10.7. The molecule has 28 heavy (non-hydrogen) atoms. The molecule has 6 heteroatoms. The molecule has 0 aliphatic carbocycles. The van der Waals surface area contributed by atoms with Crippen LogP contribution in [-0.2, 0) is 4.74 Å². The molecule has 140 valence electrons. The van der Waals surface area contributed by atoms with Gasteiger partial charge < -0.3 is 14.8 Å². The Morgan fingerprint density at radius 3 is 2.39 bits per heavy atom. The highest BCUT2D eigenvalue weighted by molar-refractivity contribution is 6.04. The van der Waals surface area contributed by atoms with Crippen LogP contribution < -0.4 is 15.0 Å². The van der Waals surface area contributed by atoms with Gasteiger partial charge >= 0.3 is 6.09 Å². The lowest BCUT2D eigenvalue weighted by atomic mass is 10.2. The van der Waals surface area contributed by atoms with Crippen molar-refractivity contribution in [2.45, 2.75) is 0 Å². The lowest BCUT2D eigenvalue weighted by Gasteiger charge is -2.13. The van der Waals surface area contributed by atoms with E-state index in [0.29, 0.717) is 35.9 Å². The highest BCUT2D eigenvalue weighted by Gasteiger charge is 2.23. The summed E-state index contributed by atoms with van der Waals surface area (Å²) in [6.07, 6.45) is -0.355. The minimum Gasteiger partial charge on any atom is -0.457 e. The molecule has 0 bridgehead atoms. The highest BCUT2D eigenvalue weighted by atomic mass is 16.6. The third-order valence-corrected chi connectivity index (χ3v) is 4.27. The Kier molecular flexibility index (Phi) is 4.93. The van der Waals surface area contributed by atoms with Crippen molar-refractivity contribution >= 4 is 23.4 Å². The first-order valence-electron chi connectivity index (χ1n) is 8.88. The van der Waals surface area contributed by atoms with E-state index >= 15 is 0 Å². The summed E-state index contributed by atoms with van der Waals surface area (Å²) in [5.41, 5.74) is 1.86. The summed E-state index contributed by atoms with van der Waals surface area (Å²) in [5, 5.41) is 2.85. The molecule has 1 aliphatic rings. The average Bonchev–Trinajstić information content (AvgIpc) is 3.15. The zero-order chi connectivity index (χ0) is 19.3. The fourth-order valence-electron chi connectivity index (χ4n) is 2.88. The van der Waals surface area contributed by atoms with Crippen molar-refractivity contribution < 1.29 is 19.1 Å². The molecule has 6 nitrogen and oxygen atoms in total. The SMILES string of the molecule is O=C(Nc1ccc(N2CCOC2=O)cc1)c1cccc(Oc2ccccc2)c1. The second-order valence-corrected chi connectivity index (χ2v) is 6.21. The fraction of sp³-hybridized carbons (Fsp3) is 0.0909. The third-order valence-electron chi connectivity index (χ3n) is 4.27. The summed E-state index contributed by atoms with van der Waals surface area (Å²) in [6, 6.07) is 23.4. The van der Waals surface area contributed by atoms with Crippen molar-refractivity contribution in [2.24, 2.45) is 0 Å². The standard InChI is InChI=1S/C22H18N2O4/c25-21(16-5-4-8-20(15-16)28-19-6-2-1-3-7-19)23-17-9-11-18(12-10-17)24-13-14-27-22(24)26/h1-12,15H,13-14H2,(H,23,25). The van der Waals surface area contributed by atoms with Crippen molar-refractivity contribution in [3.8, 4) is 11.5 Å². The number of hydrogen-bond acceptors (Lipinski definition) is 4. The molecule has 0 unspecified atom stereocenters. The Bertz CT molecular complexity index is 987. The van der Waals surface area contributed by atoms with Crippen LogP contribution in [0.15, 0.2) is 78.9 Å². The monoisotopic (exact) mass is 374 g/mol. The predicted molar refractivity (Wildman–Crippen MR) is 106 cm³/mol. The van der Waals surface area contributed by atoms with E-state index in [9.17, 15) is 9.59 Å². The van der Waals surface area contributed by atoms with Gasteiger partial charge in [0.15, 0.2) is 0 Å². The van der Waals surface area contributed by atoms with Crippen molar-refractivity contribution in [1.82, 2.24) is 0 Å². The van der Waals surface area contributed by atoms with E-state index in [1.54, 1.807) is 53.4 Å². The van der Waals surface area contributed by atoms with E-state index in [1.807, 2.05) is 30.3 Å². The smallest absolute Gasteiger partial charge is 0.414 e. The lowest BCUT2D eigenvalue weighted by molar-refractivity contribution is 0.102. The second kappa shape index (κ2) is 7.84. The number of nitrogens with zero attached hydrogens (tertiary/aromatic N) is 1. The molecule has 1 fully saturated rings. The maximum atomic E-state index is 12.6.